The Balaban J connectivity index is 2.16. The molecule has 2 aromatic rings. The zero-order valence-corrected chi connectivity index (χ0v) is 12.3. The van der Waals surface area contributed by atoms with Crippen molar-refractivity contribution in [3.05, 3.63) is 60.2 Å². The van der Waals surface area contributed by atoms with E-state index in [0.717, 1.165) is 11.0 Å². The molecule has 0 saturated carbocycles. The van der Waals surface area contributed by atoms with Gasteiger partial charge in [0, 0.05) is 25.3 Å². The Kier molecular flexibility index (Phi) is 3.91. The molecule has 0 aliphatic heterocycles. The molecule has 0 N–H and O–H groups in total. The molecular formula is C17H23N2+. The van der Waals surface area contributed by atoms with Crippen molar-refractivity contribution in [3.63, 3.8) is 0 Å². The fourth-order valence-electron chi connectivity index (χ4n) is 2.28. The summed E-state index contributed by atoms with van der Waals surface area (Å²) < 4.78 is 0.863. The molecule has 0 aromatic heterocycles. The average molecular weight is 255 g/mol. The van der Waals surface area contributed by atoms with E-state index in [1.807, 2.05) is 0 Å². The highest BCUT2D eigenvalue weighted by atomic mass is 15.3. The Labute approximate surface area is 116 Å². The summed E-state index contributed by atoms with van der Waals surface area (Å²) in [6.07, 6.45) is 0. The van der Waals surface area contributed by atoms with Crippen LogP contribution in [-0.2, 0) is 6.54 Å². The number of anilines is 1. The van der Waals surface area contributed by atoms with Gasteiger partial charge in [0.05, 0.1) is 14.1 Å². The second kappa shape index (κ2) is 5.45. The van der Waals surface area contributed by atoms with Crippen LogP contribution in [0, 0.1) is 0 Å². The molecular weight excluding hydrogens is 232 g/mol. The fraction of sp³-hybridized carbons (Fsp3) is 0.294. The molecule has 2 heteroatoms. The highest BCUT2D eigenvalue weighted by Crippen LogP contribution is 2.22. The van der Waals surface area contributed by atoms with Crippen LogP contribution >= 0.6 is 0 Å². The van der Waals surface area contributed by atoms with Gasteiger partial charge >= 0.3 is 0 Å². The Hall–Kier alpha value is -1.80. The van der Waals surface area contributed by atoms with Crippen molar-refractivity contribution in [2.24, 2.45) is 0 Å². The van der Waals surface area contributed by atoms with Gasteiger partial charge in [-0.15, -0.1) is 0 Å². The van der Waals surface area contributed by atoms with E-state index in [1.54, 1.807) is 0 Å². The monoisotopic (exact) mass is 255 g/mol. The van der Waals surface area contributed by atoms with Gasteiger partial charge in [-0.25, -0.2) is 0 Å². The molecule has 0 fully saturated rings. The molecule has 0 bridgehead atoms. The van der Waals surface area contributed by atoms with Gasteiger partial charge in [0.2, 0.25) is 0 Å². The van der Waals surface area contributed by atoms with Gasteiger partial charge in [-0.05, 0) is 24.3 Å². The summed E-state index contributed by atoms with van der Waals surface area (Å²) in [5.41, 5.74) is 3.94. The van der Waals surface area contributed by atoms with Crippen LogP contribution in [0.25, 0.3) is 0 Å². The Morgan fingerprint density at radius 3 is 1.95 bits per heavy atom. The molecule has 0 saturated heterocycles. The van der Waals surface area contributed by atoms with E-state index in [2.05, 4.69) is 87.7 Å². The van der Waals surface area contributed by atoms with Crippen LogP contribution in [0.15, 0.2) is 54.6 Å². The fourth-order valence-corrected chi connectivity index (χ4v) is 2.28. The van der Waals surface area contributed by atoms with Crippen molar-refractivity contribution in [1.82, 2.24) is 4.48 Å². The summed E-state index contributed by atoms with van der Waals surface area (Å²) in [5.74, 6) is 0. The predicted molar refractivity (Wildman–Crippen MR) is 84.6 cm³/mol. The third-order valence-electron chi connectivity index (χ3n) is 3.49. The molecule has 0 heterocycles. The van der Waals surface area contributed by atoms with Crippen molar-refractivity contribution in [1.29, 1.82) is 0 Å². The zero-order valence-electron chi connectivity index (χ0n) is 12.3. The molecule has 2 rings (SSSR count). The third kappa shape index (κ3) is 3.36. The van der Waals surface area contributed by atoms with E-state index in [-0.39, 0.29) is 0 Å². The first-order valence-corrected chi connectivity index (χ1v) is 6.64. The molecule has 0 aliphatic carbocycles. The maximum Gasteiger partial charge on any atom is 0.132 e. The second-order valence-corrected chi connectivity index (χ2v) is 5.74. The van der Waals surface area contributed by atoms with Crippen molar-refractivity contribution in [2.45, 2.75) is 6.54 Å². The zero-order chi connectivity index (χ0) is 13.9. The van der Waals surface area contributed by atoms with Crippen molar-refractivity contribution >= 4 is 11.4 Å². The standard InChI is InChI=1S/C17H23N2/c1-18(2)16-12-10-15(11-13-16)14-19(3,4)17-8-6-5-7-9-17/h5-13H,14H2,1-4H3/q+1. The Morgan fingerprint density at radius 1 is 0.842 bits per heavy atom. The van der Waals surface area contributed by atoms with Crippen molar-refractivity contribution in [2.75, 3.05) is 33.1 Å². The lowest BCUT2D eigenvalue weighted by Gasteiger charge is -2.29. The van der Waals surface area contributed by atoms with E-state index in [0.29, 0.717) is 0 Å². The molecule has 0 spiro atoms. The Bertz CT molecular complexity index is 513. The average Bonchev–Trinajstić information content (AvgIpc) is 2.40. The summed E-state index contributed by atoms with van der Waals surface area (Å²) in [7, 11) is 8.63. The largest absolute Gasteiger partial charge is 0.378 e. The molecule has 0 unspecified atom stereocenters. The van der Waals surface area contributed by atoms with E-state index in [9.17, 15) is 0 Å². The molecule has 0 amide bonds. The summed E-state index contributed by atoms with van der Waals surface area (Å²) >= 11 is 0. The van der Waals surface area contributed by atoms with Crippen LogP contribution in [-0.4, -0.2) is 28.2 Å². The maximum absolute atomic E-state index is 2.25. The van der Waals surface area contributed by atoms with Gasteiger partial charge in [0.15, 0.2) is 0 Å². The van der Waals surface area contributed by atoms with Crippen molar-refractivity contribution < 1.29 is 0 Å². The molecule has 19 heavy (non-hydrogen) atoms. The van der Waals surface area contributed by atoms with Crippen LogP contribution in [0.3, 0.4) is 0 Å². The number of hydrogen-bond donors (Lipinski definition) is 0. The van der Waals surface area contributed by atoms with Crippen molar-refractivity contribution in [3.8, 4) is 0 Å². The van der Waals surface area contributed by atoms with Gasteiger partial charge in [-0.2, -0.15) is 0 Å². The number of nitrogens with zero attached hydrogens (tertiary/aromatic N) is 2. The van der Waals surface area contributed by atoms with Gasteiger partial charge < -0.3 is 4.90 Å². The lowest BCUT2D eigenvalue weighted by molar-refractivity contribution is 0.392. The quantitative estimate of drug-likeness (QED) is 0.756. The highest BCUT2D eigenvalue weighted by molar-refractivity contribution is 5.47. The minimum Gasteiger partial charge on any atom is -0.378 e. The van der Waals surface area contributed by atoms with E-state index in [4.69, 9.17) is 0 Å². The lowest BCUT2D eigenvalue weighted by atomic mass is 10.1. The van der Waals surface area contributed by atoms with E-state index >= 15 is 0 Å². The number of quaternary nitrogens is 1. The molecule has 2 aromatic carbocycles. The minimum absolute atomic E-state index is 0.863. The molecule has 0 radical (unpaired) electrons. The first-order chi connectivity index (χ1) is 8.99. The van der Waals surface area contributed by atoms with Crippen LogP contribution < -0.4 is 9.38 Å². The first kappa shape index (κ1) is 13.6. The number of benzene rings is 2. The van der Waals surface area contributed by atoms with E-state index in [1.165, 1.54) is 16.9 Å². The number of hydrogen-bond acceptors (Lipinski definition) is 1. The summed E-state index contributed by atoms with van der Waals surface area (Å²) in [5, 5.41) is 0. The topological polar surface area (TPSA) is 3.24 Å². The van der Waals surface area contributed by atoms with Crippen LogP contribution in [0.4, 0.5) is 11.4 Å². The smallest absolute Gasteiger partial charge is 0.132 e. The highest BCUT2D eigenvalue weighted by Gasteiger charge is 2.18. The van der Waals surface area contributed by atoms with E-state index < -0.39 is 0 Å². The molecule has 0 aliphatic rings. The van der Waals surface area contributed by atoms with Gasteiger partial charge in [0.1, 0.15) is 12.2 Å². The molecule has 100 valence electrons. The number of para-hydroxylation sites is 1. The predicted octanol–water partition coefficient (Wildman–Crippen LogP) is 3.52. The van der Waals surface area contributed by atoms with Gasteiger partial charge in [-0.1, -0.05) is 30.3 Å². The maximum atomic E-state index is 2.25. The molecule has 2 nitrogen and oxygen atoms in total. The van der Waals surface area contributed by atoms with Crippen LogP contribution in [0.2, 0.25) is 0 Å². The summed E-state index contributed by atoms with van der Waals surface area (Å²) in [6, 6.07) is 19.4. The Morgan fingerprint density at radius 2 is 1.42 bits per heavy atom. The second-order valence-electron chi connectivity index (χ2n) is 5.74. The normalized spacial score (nSPS) is 11.4. The van der Waals surface area contributed by atoms with Gasteiger partial charge in [-0.3, -0.25) is 4.48 Å². The molecule has 0 atom stereocenters. The first-order valence-electron chi connectivity index (χ1n) is 6.64. The third-order valence-corrected chi connectivity index (χ3v) is 3.49. The lowest BCUT2D eigenvalue weighted by Crippen LogP contribution is -2.39. The van der Waals surface area contributed by atoms with Crippen LogP contribution in [0.1, 0.15) is 5.56 Å². The SMILES string of the molecule is CN(C)c1ccc(C[N+](C)(C)c2ccccc2)cc1. The van der Waals surface area contributed by atoms with Crippen LogP contribution in [0.5, 0.6) is 0 Å². The minimum atomic E-state index is 0.863. The van der Waals surface area contributed by atoms with Gasteiger partial charge in [0.25, 0.3) is 0 Å². The number of rotatable bonds is 4. The summed E-state index contributed by atoms with van der Waals surface area (Å²) in [4.78, 5) is 2.13. The summed E-state index contributed by atoms with van der Waals surface area (Å²) in [6.45, 7) is 0.998.